The molecule has 0 spiro atoms. The SMILES string of the molecule is CCOC(=O)C1=C(C)N(CCC2CCN(Cc3ccccc3)CC2)C(=O)NC1c1coc2cc(CC)ccc2c1=O. The molecule has 0 bridgehead atoms. The number of rotatable bonds is 9. The number of esters is 1. The third-order valence-corrected chi connectivity index (χ3v) is 8.39. The number of ether oxygens (including phenoxy) is 1. The molecule has 5 rings (SSSR count). The Kier molecular flexibility index (Phi) is 8.88. The number of hydrogen-bond donors (Lipinski definition) is 1. The Hall–Kier alpha value is -3.91. The number of nitrogens with zero attached hydrogens (tertiary/aromatic N) is 2. The molecule has 2 amide bonds. The van der Waals surface area contributed by atoms with Gasteiger partial charge in [0.05, 0.1) is 29.2 Å². The molecule has 3 aromatic rings. The number of hydrogen-bond acceptors (Lipinski definition) is 6. The van der Waals surface area contributed by atoms with Crippen molar-refractivity contribution < 1.29 is 18.7 Å². The van der Waals surface area contributed by atoms with E-state index in [4.69, 9.17) is 9.15 Å². The van der Waals surface area contributed by atoms with Gasteiger partial charge in [-0.15, -0.1) is 0 Å². The van der Waals surface area contributed by atoms with Gasteiger partial charge in [0.15, 0.2) is 5.43 Å². The number of fused-ring (bicyclic) bond motifs is 1. The Balaban J connectivity index is 1.33. The summed E-state index contributed by atoms with van der Waals surface area (Å²) in [6, 6.07) is 14.7. The Labute approximate surface area is 241 Å². The Morgan fingerprint density at radius 1 is 1.05 bits per heavy atom. The highest BCUT2D eigenvalue weighted by Gasteiger charge is 2.38. The van der Waals surface area contributed by atoms with Crippen LogP contribution >= 0.6 is 0 Å². The number of piperidine rings is 1. The molecule has 8 nitrogen and oxygen atoms in total. The van der Waals surface area contributed by atoms with Gasteiger partial charge < -0.3 is 14.5 Å². The van der Waals surface area contributed by atoms with Gasteiger partial charge in [-0.05, 0) is 81.8 Å². The molecular weight excluding hydrogens is 518 g/mol. The van der Waals surface area contributed by atoms with Gasteiger partial charge in [0.1, 0.15) is 11.8 Å². The quantitative estimate of drug-likeness (QED) is 0.346. The lowest BCUT2D eigenvalue weighted by Crippen LogP contribution is -2.49. The van der Waals surface area contributed by atoms with Gasteiger partial charge in [0.25, 0.3) is 0 Å². The van der Waals surface area contributed by atoms with E-state index in [1.54, 1.807) is 24.8 Å². The second-order valence-corrected chi connectivity index (χ2v) is 11.0. The van der Waals surface area contributed by atoms with Crippen molar-refractivity contribution in [3.05, 3.63) is 93.0 Å². The molecule has 41 heavy (non-hydrogen) atoms. The number of benzene rings is 2. The van der Waals surface area contributed by atoms with E-state index in [1.807, 2.05) is 25.1 Å². The molecule has 216 valence electrons. The molecule has 1 unspecified atom stereocenters. The van der Waals surface area contributed by atoms with Crippen molar-refractivity contribution in [2.75, 3.05) is 26.2 Å². The van der Waals surface area contributed by atoms with Crippen LogP contribution in [0.3, 0.4) is 0 Å². The van der Waals surface area contributed by atoms with E-state index < -0.39 is 12.0 Å². The summed E-state index contributed by atoms with van der Waals surface area (Å²) < 4.78 is 11.2. The highest BCUT2D eigenvalue weighted by molar-refractivity contribution is 5.95. The lowest BCUT2D eigenvalue weighted by molar-refractivity contribution is -0.139. The van der Waals surface area contributed by atoms with Crippen molar-refractivity contribution in [2.24, 2.45) is 5.92 Å². The second-order valence-electron chi connectivity index (χ2n) is 11.0. The van der Waals surface area contributed by atoms with Gasteiger partial charge in [0, 0.05) is 18.8 Å². The zero-order valence-electron chi connectivity index (χ0n) is 24.2. The Morgan fingerprint density at radius 2 is 1.80 bits per heavy atom. The molecule has 8 heteroatoms. The number of carbonyl (C=O) groups excluding carboxylic acids is 2. The van der Waals surface area contributed by atoms with E-state index in [1.165, 1.54) is 11.8 Å². The van der Waals surface area contributed by atoms with Gasteiger partial charge in [-0.25, -0.2) is 9.59 Å². The molecule has 3 heterocycles. The van der Waals surface area contributed by atoms with Crippen LogP contribution in [-0.2, 0) is 22.5 Å². The molecule has 2 aromatic carbocycles. The van der Waals surface area contributed by atoms with E-state index in [0.29, 0.717) is 29.1 Å². The number of amides is 2. The third kappa shape index (κ3) is 6.22. The molecule has 1 fully saturated rings. The lowest BCUT2D eigenvalue weighted by Gasteiger charge is -2.37. The fourth-order valence-corrected chi connectivity index (χ4v) is 5.95. The second kappa shape index (κ2) is 12.7. The first-order chi connectivity index (χ1) is 19.9. The van der Waals surface area contributed by atoms with Crippen molar-refractivity contribution >= 4 is 23.0 Å². The number of allylic oxidation sites excluding steroid dienone is 1. The van der Waals surface area contributed by atoms with Gasteiger partial charge in [-0.3, -0.25) is 14.6 Å². The van der Waals surface area contributed by atoms with Crippen LogP contribution in [0.15, 0.2) is 75.3 Å². The maximum atomic E-state index is 13.5. The third-order valence-electron chi connectivity index (χ3n) is 8.39. The van der Waals surface area contributed by atoms with Crippen LogP contribution in [0.1, 0.15) is 62.8 Å². The van der Waals surface area contributed by atoms with Crippen LogP contribution in [0.2, 0.25) is 0 Å². The van der Waals surface area contributed by atoms with Crippen LogP contribution in [0.25, 0.3) is 11.0 Å². The summed E-state index contributed by atoms with van der Waals surface area (Å²) >= 11 is 0. The Bertz CT molecular complexity index is 1490. The molecule has 1 N–H and O–H groups in total. The van der Waals surface area contributed by atoms with E-state index in [0.717, 1.165) is 50.9 Å². The summed E-state index contributed by atoms with van der Waals surface area (Å²) in [4.78, 5) is 44.2. The smallest absolute Gasteiger partial charge is 0.338 e. The highest BCUT2D eigenvalue weighted by Crippen LogP contribution is 2.32. The predicted octanol–water partition coefficient (Wildman–Crippen LogP) is 5.56. The zero-order chi connectivity index (χ0) is 28.9. The summed E-state index contributed by atoms with van der Waals surface area (Å²) in [6.45, 7) is 9.20. The molecule has 0 saturated carbocycles. The number of carbonyl (C=O) groups is 2. The van der Waals surface area contributed by atoms with Crippen molar-refractivity contribution in [1.82, 2.24) is 15.1 Å². The van der Waals surface area contributed by atoms with Crippen molar-refractivity contribution in [3.63, 3.8) is 0 Å². The fourth-order valence-electron chi connectivity index (χ4n) is 5.95. The fraction of sp³-hybridized carbons (Fsp3) is 0.424. The number of likely N-dealkylation sites (tertiary alicyclic amines) is 1. The van der Waals surface area contributed by atoms with Gasteiger partial charge in [-0.1, -0.05) is 43.3 Å². The van der Waals surface area contributed by atoms with Gasteiger partial charge >= 0.3 is 12.0 Å². The molecule has 1 aromatic heterocycles. The standard InChI is InChI=1S/C33H39N3O5/c1-4-23-11-12-26-28(19-23)41-21-27(31(26)37)30-29(32(38)40-5-2)22(3)36(33(39)34-30)18-15-24-13-16-35(17-14-24)20-25-9-7-6-8-10-25/h6-12,19,21,24,30H,4-5,13-18,20H2,1-3H3,(H,34,39). The first-order valence-corrected chi connectivity index (χ1v) is 14.7. The van der Waals surface area contributed by atoms with Crippen molar-refractivity contribution in [1.29, 1.82) is 0 Å². The molecule has 2 aliphatic heterocycles. The topological polar surface area (TPSA) is 92.1 Å². The normalized spacial score (nSPS) is 18.6. The molecule has 1 saturated heterocycles. The molecule has 0 aliphatic carbocycles. The van der Waals surface area contributed by atoms with Crippen molar-refractivity contribution in [2.45, 2.75) is 59.0 Å². The van der Waals surface area contributed by atoms with Crippen molar-refractivity contribution in [3.8, 4) is 0 Å². The molecule has 1 atom stereocenters. The van der Waals surface area contributed by atoms with Gasteiger partial charge in [0.2, 0.25) is 0 Å². The molecular formula is C33H39N3O5. The summed E-state index contributed by atoms with van der Waals surface area (Å²) in [5.41, 5.74) is 3.58. The largest absolute Gasteiger partial charge is 0.464 e. The summed E-state index contributed by atoms with van der Waals surface area (Å²) in [5, 5.41) is 3.33. The van der Waals surface area contributed by atoms with Crippen LogP contribution in [0.4, 0.5) is 4.79 Å². The minimum absolute atomic E-state index is 0.184. The highest BCUT2D eigenvalue weighted by atomic mass is 16.5. The van der Waals surface area contributed by atoms with Crippen LogP contribution in [0, 0.1) is 5.92 Å². The first-order valence-electron chi connectivity index (χ1n) is 14.7. The summed E-state index contributed by atoms with van der Waals surface area (Å²) in [6.07, 6.45) is 5.15. The maximum Gasteiger partial charge on any atom is 0.338 e. The van der Waals surface area contributed by atoms with Crippen LogP contribution in [0.5, 0.6) is 0 Å². The zero-order valence-corrected chi connectivity index (χ0v) is 24.2. The summed E-state index contributed by atoms with van der Waals surface area (Å²) in [7, 11) is 0. The minimum Gasteiger partial charge on any atom is -0.464 e. The maximum absolute atomic E-state index is 13.5. The van der Waals surface area contributed by atoms with E-state index in [-0.39, 0.29) is 29.2 Å². The molecule has 0 radical (unpaired) electrons. The van der Waals surface area contributed by atoms with Crippen LogP contribution in [-0.4, -0.2) is 48.0 Å². The first kappa shape index (κ1) is 28.6. The lowest BCUT2D eigenvalue weighted by atomic mass is 9.92. The molecule has 2 aliphatic rings. The Morgan fingerprint density at radius 3 is 2.51 bits per heavy atom. The number of aryl methyl sites for hydroxylation is 1. The van der Waals surface area contributed by atoms with E-state index in [9.17, 15) is 14.4 Å². The average Bonchev–Trinajstić information content (AvgIpc) is 2.98. The van der Waals surface area contributed by atoms with E-state index >= 15 is 0 Å². The van der Waals surface area contributed by atoms with Gasteiger partial charge in [-0.2, -0.15) is 0 Å². The predicted molar refractivity (Wildman–Crippen MR) is 158 cm³/mol. The summed E-state index contributed by atoms with van der Waals surface area (Å²) in [5.74, 6) is -0.0537. The van der Waals surface area contributed by atoms with Crippen LogP contribution < -0.4 is 10.7 Å². The number of urea groups is 1. The average molecular weight is 558 g/mol. The number of nitrogens with one attached hydrogen (secondary N) is 1. The minimum atomic E-state index is -0.953. The monoisotopic (exact) mass is 557 g/mol. The van der Waals surface area contributed by atoms with E-state index in [2.05, 4.69) is 34.5 Å².